The number of hydrogen-bond donors (Lipinski definition) is 2. The van der Waals surface area contributed by atoms with E-state index in [4.69, 9.17) is 0 Å². The zero-order valence-corrected chi connectivity index (χ0v) is 13.8. The summed E-state index contributed by atoms with van der Waals surface area (Å²) in [6.45, 7) is 8.26. The molecule has 1 aliphatic heterocycles. The third-order valence-electron chi connectivity index (χ3n) is 4.54. The Bertz CT molecular complexity index is 657. The van der Waals surface area contributed by atoms with Gasteiger partial charge in [-0.2, -0.15) is 0 Å². The van der Waals surface area contributed by atoms with Gasteiger partial charge in [0.15, 0.2) is 5.82 Å². The number of aromatic amines is 1. The summed E-state index contributed by atoms with van der Waals surface area (Å²) in [6, 6.07) is 5.43. The lowest BCUT2D eigenvalue weighted by Gasteiger charge is -2.41. The van der Waals surface area contributed by atoms with Gasteiger partial charge < -0.3 is 10.1 Å². The fraction of sp³-hybridized carbons (Fsp3) is 0.588. The van der Waals surface area contributed by atoms with Gasteiger partial charge in [0.05, 0.1) is 18.2 Å². The number of aliphatic hydroxyl groups is 1. The van der Waals surface area contributed by atoms with Crippen LogP contribution in [0.15, 0.2) is 18.2 Å². The number of aliphatic hydroxyl groups excluding tert-OH is 1. The maximum absolute atomic E-state index is 13.7. The molecular weight excluding hydrogens is 295 g/mol. The van der Waals surface area contributed by atoms with E-state index in [1.54, 1.807) is 6.07 Å². The largest absolute Gasteiger partial charge is 0.392 e. The first-order valence-corrected chi connectivity index (χ1v) is 8.34. The molecule has 1 aromatic heterocycles. The number of H-pyrrole nitrogens is 1. The molecule has 23 heavy (non-hydrogen) atoms. The first kappa shape index (κ1) is 16.4. The molecule has 0 bridgehead atoms. The van der Waals surface area contributed by atoms with E-state index in [0.29, 0.717) is 18.1 Å². The van der Waals surface area contributed by atoms with Gasteiger partial charge in [0.1, 0.15) is 11.3 Å². The average molecular weight is 320 g/mol. The summed E-state index contributed by atoms with van der Waals surface area (Å²) >= 11 is 0. The van der Waals surface area contributed by atoms with Gasteiger partial charge >= 0.3 is 0 Å². The fourth-order valence-corrected chi connectivity index (χ4v) is 3.40. The molecule has 5 nitrogen and oxygen atoms in total. The minimum atomic E-state index is -0.297. The van der Waals surface area contributed by atoms with E-state index in [9.17, 15) is 9.50 Å². The second-order valence-corrected chi connectivity index (χ2v) is 6.46. The van der Waals surface area contributed by atoms with Gasteiger partial charge in [0.25, 0.3) is 0 Å². The van der Waals surface area contributed by atoms with Gasteiger partial charge in [-0.15, -0.1) is 0 Å². The summed E-state index contributed by atoms with van der Waals surface area (Å²) in [5.41, 5.74) is 1.17. The van der Waals surface area contributed by atoms with Crippen LogP contribution in [-0.2, 0) is 6.54 Å². The first-order chi connectivity index (χ1) is 11.1. The zero-order valence-electron chi connectivity index (χ0n) is 13.8. The third kappa shape index (κ3) is 3.71. The third-order valence-corrected chi connectivity index (χ3v) is 4.54. The average Bonchev–Trinajstić information content (AvgIpc) is 2.92. The predicted molar refractivity (Wildman–Crippen MR) is 88.7 cm³/mol. The Balaban J connectivity index is 1.67. The lowest BCUT2D eigenvalue weighted by molar-refractivity contribution is 0.0330. The minimum absolute atomic E-state index is 0.279. The maximum atomic E-state index is 13.7. The van der Waals surface area contributed by atoms with Crippen LogP contribution in [0, 0.1) is 5.82 Å². The monoisotopic (exact) mass is 320 g/mol. The number of halogens is 1. The Morgan fingerprint density at radius 2 is 2.26 bits per heavy atom. The van der Waals surface area contributed by atoms with Crippen LogP contribution in [0.3, 0.4) is 0 Å². The SMILES string of the molecule is CC[C@@H]1CN(Cc2nc3c(F)cccc3[nH]2)CCN1C[C@@H](C)O. The molecule has 6 heteroatoms. The van der Waals surface area contributed by atoms with Crippen LogP contribution in [0.1, 0.15) is 26.1 Å². The van der Waals surface area contributed by atoms with E-state index in [-0.39, 0.29) is 11.9 Å². The summed E-state index contributed by atoms with van der Waals surface area (Å²) < 4.78 is 13.7. The lowest BCUT2D eigenvalue weighted by Crippen LogP contribution is -2.54. The normalized spacial score (nSPS) is 21.8. The smallest absolute Gasteiger partial charge is 0.151 e. The van der Waals surface area contributed by atoms with Gasteiger partial charge in [-0.3, -0.25) is 9.80 Å². The van der Waals surface area contributed by atoms with Crippen molar-refractivity contribution in [3.8, 4) is 0 Å². The van der Waals surface area contributed by atoms with E-state index in [1.165, 1.54) is 6.07 Å². The standard InChI is InChI=1S/C17H25FN4O/c1-3-13-10-21(7-8-22(13)9-12(2)23)11-16-19-15-6-4-5-14(18)17(15)20-16/h4-6,12-13,23H,3,7-11H2,1-2H3,(H,19,20)/t12-,13-/m1/s1. The quantitative estimate of drug-likeness (QED) is 0.884. The van der Waals surface area contributed by atoms with Crippen molar-refractivity contribution in [2.45, 2.75) is 39.0 Å². The lowest BCUT2D eigenvalue weighted by atomic mass is 10.1. The molecule has 3 rings (SSSR count). The summed E-state index contributed by atoms with van der Waals surface area (Å²) in [6.07, 6.45) is 0.756. The first-order valence-electron chi connectivity index (χ1n) is 8.34. The van der Waals surface area contributed by atoms with E-state index >= 15 is 0 Å². The number of imidazole rings is 1. The molecule has 2 aromatic rings. The van der Waals surface area contributed by atoms with Crippen molar-refractivity contribution in [1.82, 2.24) is 19.8 Å². The highest BCUT2D eigenvalue weighted by molar-refractivity contribution is 5.75. The summed E-state index contributed by atoms with van der Waals surface area (Å²) in [5, 5.41) is 9.62. The second-order valence-electron chi connectivity index (χ2n) is 6.46. The van der Waals surface area contributed by atoms with Gasteiger partial charge in [-0.25, -0.2) is 9.37 Å². The van der Waals surface area contributed by atoms with Crippen LogP contribution in [0.2, 0.25) is 0 Å². The molecule has 1 fully saturated rings. The molecule has 0 spiro atoms. The molecule has 2 atom stereocenters. The number of piperazine rings is 1. The van der Waals surface area contributed by atoms with Crippen LogP contribution in [0.25, 0.3) is 11.0 Å². The van der Waals surface area contributed by atoms with Gasteiger partial charge in [0, 0.05) is 32.2 Å². The predicted octanol–water partition coefficient (Wildman–Crippen LogP) is 1.98. The molecule has 0 unspecified atom stereocenters. The number of nitrogens with one attached hydrogen (secondary N) is 1. The number of nitrogens with zero attached hydrogens (tertiary/aromatic N) is 3. The zero-order chi connectivity index (χ0) is 16.4. The Morgan fingerprint density at radius 3 is 2.96 bits per heavy atom. The highest BCUT2D eigenvalue weighted by atomic mass is 19.1. The maximum Gasteiger partial charge on any atom is 0.151 e. The highest BCUT2D eigenvalue weighted by Crippen LogP contribution is 2.18. The molecule has 1 aliphatic rings. The van der Waals surface area contributed by atoms with Crippen molar-refractivity contribution in [1.29, 1.82) is 0 Å². The molecule has 0 amide bonds. The highest BCUT2D eigenvalue weighted by Gasteiger charge is 2.26. The number of β-amino-alcohol motifs (C(OH)–C–C–N with tert-alkyl or cyclic N) is 1. The number of rotatable bonds is 5. The second kappa shape index (κ2) is 6.95. The van der Waals surface area contributed by atoms with Crippen LogP contribution < -0.4 is 0 Å². The Hall–Kier alpha value is -1.50. The molecule has 0 saturated carbocycles. The van der Waals surface area contributed by atoms with Crippen molar-refractivity contribution < 1.29 is 9.50 Å². The van der Waals surface area contributed by atoms with Crippen LogP contribution in [0.4, 0.5) is 4.39 Å². The van der Waals surface area contributed by atoms with Gasteiger partial charge in [0.2, 0.25) is 0 Å². The number of para-hydroxylation sites is 1. The molecule has 1 saturated heterocycles. The molecule has 126 valence electrons. The van der Waals surface area contributed by atoms with Crippen LogP contribution >= 0.6 is 0 Å². The molecule has 2 heterocycles. The van der Waals surface area contributed by atoms with Crippen molar-refractivity contribution in [3.05, 3.63) is 29.8 Å². The van der Waals surface area contributed by atoms with Crippen molar-refractivity contribution in [2.24, 2.45) is 0 Å². The molecular formula is C17H25FN4O. The number of hydrogen-bond acceptors (Lipinski definition) is 4. The van der Waals surface area contributed by atoms with Crippen molar-refractivity contribution in [2.75, 3.05) is 26.2 Å². The number of benzene rings is 1. The Morgan fingerprint density at radius 1 is 1.43 bits per heavy atom. The number of aromatic nitrogens is 2. The Labute approximate surface area is 136 Å². The summed E-state index contributed by atoms with van der Waals surface area (Å²) in [7, 11) is 0. The van der Waals surface area contributed by atoms with Crippen LogP contribution in [-0.4, -0.2) is 63.2 Å². The summed E-state index contributed by atoms with van der Waals surface area (Å²) in [4.78, 5) is 12.3. The number of fused-ring (bicyclic) bond motifs is 1. The minimum Gasteiger partial charge on any atom is -0.392 e. The van der Waals surface area contributed by atoms with E-state index in [2.05, 4.69) is 26.7 Å². The van der Waals surface area contributed by atoms with Crippen molar-refractivity contribution >= 4 is 11.0 Å². The topological polar surface area (TPSA) is 55.4 Å². The van der Waals surface area contributed by atoms with E-state index < -0.39 is 0 Å². The van der Waals surface area contributed by atoms with Gasteiger partial charge in [-0.1, -0.05) is 13.0 Å². The van der Waals surface area contributed by atoms with Crippen molar-refractivity contribution in [3.63, 3.8) is 0 Å². The van der Waals surface area contributed by atoms with Gasteiger partial charge in [-0.05, 0) is 25.5 Å². The molecule has 1 aromatic carbocycles. The molecule has 2 N–H and O–H groups in total. The van der Waals surface area contributed by atoms with E-state index in [1.807, 2.05) is 13.0 Å². The fourth-order valence-electron chi connectivity index (χ4n) is 3.40. The summed E-state index contributed by atoms with van der Waals surface area (Å²) in [5.74, 6) is 0.530. The Kier molecular flexibility index (Phi) is 4.94. The van der Waals surface area contributed by atoms with Crippen LogP contribution in [0.5, 0.6) is 0 Å². The van der Waals surface area contributed by atoms with E-state index in [0.717, 1.165) is 43.9 Å². The molecule has 0 aliphatic carbocycles. The molecule has 0 radical (unpaired) electrons.